The third-order valence-corrected chi connectivity index (χ3v) is 3.37. The number of hydrogen-bond acceptors (Lipinski definition) is 4. The highest BCUT2D eigenvalue weighted by Crippen LogP contribution is 2.12. The Labute approximate surface area is 108 Å². The smallest absolute Gasteiger partial charge is 0.222 e. The van der Waals surface area contributed by atoms with E-state index < -0.39 is 0 Å². The molecule has 0 aliphatic carbocycles. The topological polar surface area (TPSA) is 58.4 Å². The van der Waals surface area contributed by atoms with Gasteiger partial charge in [0.2, 0.25) is 5.91 Å². The molecule has 0 bridgehead atoms. The van der Waals surface area contributed by atoms with Crippen LogP contribution in [0, 0.1) is 6.92 Å². The minimum absolute atomic E-state index is 0.171. The molecule has 5 heteroatoms. The van der Waals surface area contributed by atoms with Gasteiger partial charge in [0.05, 0.1) is 6.54 Å². The fourth-order valence-electron chi connectivity index (χ4n) is 2.32. The van der Waals surface area contributed by atoms with Crippen LogP contribution in [-0.4, -0.2) is 35.6 Å². The fourth-order valence-corrected chi connectivity index (χ4v) is 2.32. The van der Waals surface area contributed by atoms with Crippen LogP contribution in [0.3, 0.4) is 0 Å². The number of nitrogens with one attached hydrogen (secondary N) is 1. The van der Waals surface area contributed by atoms with Gasteiger partial charge in [-0.25, -0.2) is 0 Å². The molecule has 1 fully saturated rings. The van der Waals surface area contributed by atoms with Crippen LogP contribution >= 0.6 is 0 Å². The van der Waals surface area contributed by atoms with Crippen LogP contribution in [-0.2, 0) is 11.3 Å². The Balaban J connectivity index is 1.74. The summed E-state index contributed by atoms with van der Waals surface area (Å²) in [6.45, 7) is 3.46. The lowest BCUT2D eigenvalue weighted by molar-refractivity contribution is -0.130. The first-order valence-corrected chi connectivity index (χ1v) is 6.54. The van der Waals surface area contributed by atoms with Crippen molar-refractivity contribution >= 4 is 5.91 Å². The summed E-state index contributed by atoms with van der Waals surface area (Å²) < 4.78 is 4.99. The Morgan fingerprint density at radius 3 is 3.11 bits per heavy atom. The summed E-state index contributed by atoms with van der Waals surface area (Å²) in [5.41, 5.74) is 0.808. The van der Waals surface area contributed by atoms with Gasteiger partial charge < -0.3 is 14.7 Å². The molecule has 2 heterocycles. The minimum Gasteiger partial charge on any atom is -0.361 e. The predicted molar refractivity (Wildman–Crippen MR) is 68.0 cm³/mol. The second-order valence-electron chi connectivity index (χ2n) is 5.01. The first-order chi connectivity index (χ1) is 8.65. The zero-order valence-corrected chi connectivity index (χ0v) is 11.1. The average molecular weight is 251 g/mol. The summed E-state index contributed by atoms with van der Waals surface area (Å²) in [5, 5.41) is 7.30. The Kier molecular flexibility index (Phi) is 4.36. The van der Waals surface area contributed by atoms with E-state index in [4.69, 9.17) is 4.52 Å². The van der Waals surface area contributed by atoms with Gasteiger partial charge in [0.25, 0.3) is 0 Å². The van der Waals surface area contributed by atoms with Crippen molar-refractivity contribution < 1.29 is 9.32 Å². The summed E-state index contributed by atoms with van der Waals surface area (Å²) in [6, 6.07) is 2.39. The van der Waals surface area contributed by atoms with Gasteiger partial charge in [0.15, 0.2) is 0 Å². The molecule has 0 saturated carbocycles. The second kappa shape index (κ2) is 6.00. The summed E-state index contributed by atoms with van der Waals surface area (Å²) in [6.07, 6.45) is 3.96. The zero-order chi connectivity index (χ0) is 13.0. The molecule has 1 saturated heterocycles. The molecule has 2 rings (SSSR count). The number of hydrogen-bond donors (Lipinski definition) is 1. The van der Waals surface area contributed by atoms with E-state index in [9.17, 15) is 4.79 Å². The van der Waals surface area contributed by atoms with E-state index in [0.717, 1.165) is 24.4 Å². The molecule has 0 aromatic carbocycles. The molecule has 1 aliphatic rings. The number of nitrogens with zero attached hydrogens (tertiary/aromatic N) is 2. The number of amides is 1. The highest BCUT2D eigenvalue weighted by atomic mass is 16.5. The SMILES string of the molecule is Cc1cc(CN(C)C(=O)CCC2CCCN2)no1. The number of carbonyl (C=O) groups excluding carboxylic acids is 1. The maximum atomic E-state index is 12.0. The van der Waals surface area contributed by atoms with Crippen molar-refractivity contribution in [2.45, 2.75) is 45.2 Å². The van der Waals surface area contributed by atoms with E-state index in [1.807, 2.05) is 20.0 Å². The van der Waals surface area contributed by atoms with Crippen molar-refractivity contribution in [2.75, 3.05) is 13.6 Å². The van der Waals surface area contributed by atoms with Crippen molar-refractivity contribution in [2.24, 2.45) is 0 Å². The third kappa shape index (κ3) is 3.57. The van der Waals surface area contributed by atoms with E-state index in [2.05, 4.69) is 10.5 Å². The van der Waals surface area contributed by atoms with E-state index in [-0.39, 0.29) is 5.91 Å². The quantitative estimate of drug-likeness (QED) is 0.861. The lowest BCUT2D eigenvalue weighted by Gasteiger charge is -2.17. The van der Waals surface area contributed by atoms with E-state index in [1.165, 1.54) is 12.8 Å². The summed E-state index contributed by atoms with van der Waals surface area (Å²) >= 11 is 0. The maximum absolute atomic E-state index is 12.0. The summed E-state index contributed by atoms with van der Waals surface area (Å²) in [5.74, 6) is 0.949. The monoisotopic (exact) mass is 251 g/mol. The molecule has 1 aromatic rings. The molecule has 1 N–H and O–H groups in total. The van der Waals surface area contributed by atoms with Crippen molar-refractivity contribution in [1.29, 1.82) is 0 Å². The van der Waals surface area contributed by atoms with Gasteiger partial charge in [0.1, 0.15) is 11.5 Å². The van der Waals surface area contributed by atoms with Crippen LogP contribution in [0.25, 0.3) is 0 Å². The van der Waals surface area contributed by atoms with Gasteiger partial charge in [-0.15, -0.1) is 0 Å². The van der Waals surface area contributed by atoms with Gasteiger partial charge in [-0.05, 0) is 32.7 Å². The third-order valence-electron chi connectivity index (χ3n) is 3.37. The molecule has 0 radical (unpaired) electrons. The van der Waals surface area contributed by atoms with Crippen LogP contribution in [0.4, 0.5) is 0 Å². The number of carbonyl (C=O) groups is 1. The highest BCUT2D eigenvalue weighted by molar-refractivity contribution is 5.75. The Hall–Kier alpha value is -1.36. The van der Waals surface area contributed by atoms with Crippen LogP contribution in [0.1, 0.15) is 37.1 Å². The van der Waals surface area contributed by atoms with Gasteiger partial charge in [-0.2, -0.15) is 0 Å². The zero-order valence-electron chi connectivity index (χ0n) is 11.1. The van der Waals surface area contributed by atoms with E-state index >= 15 is 0 Å². The molecular weight excluding hydrogens is 230 g/mol. The van der Waals surface area contributed by atoms with Gasteiger partial charge in [0, 0.05) is 25.6 Å². The molecule has 1 aliphatic heterocycles. The van der Waals surface area contributed by atoms with Gasteiger partial charge in [-0.1, -0.05) is 5.16 Å². The van der Waals surface area contributed by atoms with Crippen LogP contribution in [0.15, 0.2) is 10.6 Å². The molecular formula is C13H21N3O2. The molecule has 1 aromatic heterocycles. The predicted octanol–water partition coefficient (Wildman–Crippen LogP) is 1.47. The highest BCUT2D eigenvalue weighted by Gasteiger charge is 2.17. The van der Waals surface area contributed by atoms with Crippen molar-refractivity contribution in [1.82, 2.24) is 15.4 Å². The van der Waals surface area contributed by atoms with Crippen molar-refractivity contribution in [3.05, 3.63) is 17.5 Å². The summed E-state index contributed by atoms with van der Waals surface area (Å²) in [4.78, 5) is 13.7. The molecule has 1 atom stereocenters. The average Bonchev–Trinajstić information content (AvgIpc) is 2.97. The van der Waals surface area contributed by atoms with Crippen LogP contribution in [0.5, 0.6) is 0 Å². The first kappa shape index (κ1) is 13.1. The second-order valence-corrected chi connectivity index (χ2v) is 5.01. The first-order valence-electron chi connectivity index (χ1n) is 6.54. The van der Waals surface area contributed by atoms with E-state index in [0.29, 0.717) is 19.0 Å². The number of aromatic nitrogens is 1. The Morgan fingerprint density at radius 2 is 2.50 bits per heavy atom. The largest absolute Gasteiger partial charge is 0.361 e. The fraction of sp³-hybridized carbons (Fsp3) is 0.692. The Bertz CT molecular complexity index is 397. The molecule has 0 spiro atoms. The van der Waals surface area contributed by atoms with E-state index in [1.54, 1.807) is 4.90 Å². The van der Waals surface area contributed by atoms with Crippen LogP contribution in [0.2, 0.25) is 0 Å². The maximum Gasteiger partial charge on any atom is 0.222 e. The number of aryl methyl sites for hydroxylation is 1. The van der Waals surface area contributed by atoms with Gasteiger partial charge >= 0.3 is 0 Å². The lowest BCUT2D eigenvalue weighted by atomic mass is 10.1. The summed E-state index contributed by atoms with van der Waals surface area (Å²) in [7, 11) is 1.81. The Morgan fingerprint density at radius 1 is 1.67 bits per heavy atom. The molecule has 1 unspecified atom stereocenters. The van der Waals surface area contributed by atoms with Gasteiger partial charge in [-0.3, -0.25) is 4.79 Å². The van der Waals surface area contributed by atoms with Crippen molar-refractivity contribution in [3.63, 3.8) is 0 Å². The van der Waals surface area contributed by atoms with Crippen LogP contribution < -0.4 is 5.32 Å². The van der Waals surface area contributed by atoms with Crippen molar-refractivity contribution in [3.8, 4) is 0 Å². The standard InChI is InChI=1S/C13H21N3O2/c1-10-8-12(15-18-10)9-16(2)13(17)6-5-11-4-3-7-14-11/h8,11,14H,3-7,9H2,1-2H3. The lowest BCUT2D eigenvalue weighted by Crippen LogP contribution is -2.29. The minimum atomic E-state index is 0.171. The molecule has 100 valence electrons. The molecule has 1 amide bonds. The molecule has 5 nitrogen and oxygen atoms in total. The normalized spacial score (nSPS) is 19.1. The molecule has 18 heavy (non-hydrogen) atoms. The number of rotatable bonds is 5.